The van der Waals surface area contributed by atoms with Crippen LogP contribution in [-0.2, 0) is 14.4 Å². The number of amides is 3. The number of phenols is 1. The Labute approximate surface area is 472 Å². The summed E-state index contributed by atoms with van der Waals surface area (Å²) in [7, 11) is 0. The lowest BCUT2D eigenvalue weighted by molar-refractivity contribution is -0.152. The number of carbonyl (C=O) groups is 3. The fourth-order valence-corrected chi connectivity index (χ4v) is 13.2. The molecule has 5 aliphatic rings. The van der Waals surface area contributed by atoms with E-state index in [-0.39, 0.29) is 107 Å². The number of nitrogens with zero attached hydrogens (tertiary/aromatic N) is 7. The average Bonchev–Trinajstić information content (AvgIpc) is 4.46. The highest BCUT2D eigenvalue weighted by Crippen LogP contribution is 2.41. The fraction of sp³-hybridized carbons (Fsp3) is 0.452. The van der Waals surface area contributed by atoms with Gasteiger partial charge in [0.05, 0.1) is 35.3 Å². The number of fused-ring (bicyclic) bond motifs is 4. The zero-order valence-corrected chi connectivity index (χ0v) is 46.1. The molecule has 0 spiro atoms. The molecule has 7 heterocycles. The molecule has 5 N–H and O–H groups in total. The van der Waals surface area contributed by atoms with Gasteiger partial charge in [-0.3, -0.25) is 24.3 Å². The molecule has 2 unspecified atom stereocenters. The minimum Gasteiger partial charge on any atom is -0.508 e. The van der Waals surface area contributed by atoms with Crippen LogP contribution in [0.25, 0.3) is 44.1 Å². The van der Waals surface area contributed by atoms with Gasteiger partial charge >= 0.3 is 6.01 Å². The molecule has 5 saturated heterocycles. The van der Waals surface area contributed by atoms with Crippen molar-refractivity contribution in [2.24, 2.45) is 5.41 Å². The highest BCUT2D eigenvalue weighted by molar-refractivity contribution is 6.03. The Bertz CT molecular complexity index is 3450. The third kappa shape index (κ3) is 11.0. The molecule has 2 bridgehead atoms. The van der Waals surface area contributed by atoms with E-state index < -0.39 is 71.3 Å². The van der Waals surface area contributed by atoms with Crippen LogP contribution in [0.1, 0.15) is 95.7 Å². The Morgan fingerprint density at radius 3 is 2.39 bits per heavy atom. The largest absolute Gasteiger partial charge is 0.508 e. The van der Waals surface area contributed by atoms with Crippen molar-refractivity contribution in [3.8, 4) is 46.5 Å². The molecule has 0 aliphatic carbocycles. The molecular weight excluding hydrogens is 1060 g/mol. The number of pyridine rings is 1. The third-order valence-corrected chi connectivity index (χ3v) is 17.1. The Morgan fingerprint density at radius 1 is 0.939 bits per heavy atom. The number of aromatic hydroxyl groups is 1. The zero-order chi connectivity index (χ0) is 57.7. The van der Waals surface area contributed by atoms with E-state index >= 15 is 8.78 Å². The molecule has 430 valence electrons. The summed E-state index contributed by atoms with van der Waals surface area (Å²) < 4.78 is 68.0. The predicted octanol–water partition coefficient (Wildman–Crippen LogP) is 7.54. The summed E-state index contributed by atoms with van der Waals surface area (Å²) >= 11 is 0. The van der Waals surface area contributed by atoms with Gasteiger partial charge in [0, 0.05) is 73.8 Å². The second kappa shape index (κ2) is 23.1. The second-order valence-corrected chi connectivity index (χ2v) is 23.6. The lowest BCUT2D eigenvalue weighted by Crippen LogP contribution is -2.60. The molecule has 11 rings (SSSR count). The number of halogens is 4. The maximum Gasteiger partial charge on any atom is 0.319 e. The van der Waals surface area contributed by atoms with E-state index in [1.807, 2.05) is 20.8 Å². The molecule has 0 saturated carbocycles. The van der Waals surface area contributed by atoms with Crippen LogP contribution in [-0.4, -0.2) is 151 Å². The Hall–Kier alpha value is -7.44. The van der Waals surface area contributed by atoms with E-state index in [9.17, 15) is 38.5 Å². The van der Waals surface area contributed by atoms with Crippen LogP contribution in [0.4, 0.5) is 23.4 Å². The minimum atomic E-state index is -1.11. The maximum atomic E-state index is 17.3. The normalized spacial score (nSPS) is 22.8. The summed E-state index contributed by atoms with van der Waals surface area (Å²) in [6.45, 7) is 7.88. The van der Waals surface area contributed by atoms with Gasteiger partial charge < -0.3 is 45.4 Å². The van der Waals surface area contributed by atoms with Gasteiger partial charge in [-0.05, 0) is 110 Å². The van der Waals surface area contributed by atoms with Gasteiger partial charge in [0.1, 0.15) is 58.9 Å². The number of ether oxygens (including phenoxy) is 1. The molecule has 2 aromatic heterocycles. The molecule has 5 aliphatic heterocycles. The lowest BCUT2D eigenvalue weighted by atomic mass is 9.83. The fourth-order valence-electron chi connectivity index (χ4n) is 13.2. The zero-order valence-electron chi connectivity index (χ0n) is 46.1. The predicted molar refractivity (Wildman–Crippen MR) is 300 cm³/mol. The number of phenolic OH excluding ortho intramolecular Hbond substituents is 1. The van der Waals surface area contributed by atoms with E-state index in [1.165, 1.54) is 53.6 Å². The summed E-state index contributed by atoms with van der Waals surface area (Å²) in [6, 6.07) is 12.2. The number of anilines is 1. The van der Waals surface area contributed by atoms with Crippen molar-refractivity contribution in [3.63, 3.8) is 0 Å². The van der Waals surface area contributed by atoms with Crippen LogP contribution < -0.4 is 20.3 Å². The number of likely N-dealkylation sites (tertiary alicyclic amines) is 3. The summed E-state index contributed by atoms with van der Waals surface area (Å²) in [5.74, 6) is -1.50. The maximum absolute atomic E-state index is 17.3. The number of terminal acetylenes is 1. The molecule has 3 amide bonds. The molecular formula is C62H67F4N9O7. The number of rotatable bonds is 16. The summed E-state index contributed by atoms with van der Waals surface area (Å²) in [4.78, 5) is 64.6. The smallest absolute Gasteiger partial charge is 0.319 e. The Morgan fingerprint density at radius 2 is 1.68 bits per heavy atom. The number of hydrogen-bond acceptors (Lipinski definition) is 13. The molecule has 4 aromatic carbocycles. The Balaban J connectivity index is 0.776. The lowest BCUT2D eigenvalue weighted by Gasteiger charge is -2.43. The molecule has 20 heteroatoms. The topological polar surface area (TPSA) is 197 Å². The third-order valence-electron chi connectivity index (χ3n) is 17.1. The van der Waals surface area contributed by atoms with Gasteiger partial charge in [-0.2, -0.15) is 9.97 Å². The monoisotopic (exact) mass is 1130 g/mol. The molecule has 5 fully saturated rings. The van der Waals surface area contributed by atoms with Crippen LogP contribution in [0.2, 0.25) is 0 Å². The quantitative estimate of drug-likeness (QED) is 0.0472. The molecule has 82 heavy (non-hydrogen) atoms. The first-order valence-electron chi connectivity index (χ1n) is 28.3. The van der Waals surface area contributed by atoms with Crippen molar-refractivity contribution in [2.75, 3.05) is 50.8 Å². The van der Waals surface area contributed by atoms with Gasteiger partial charge in [0.15, 0.2) is 5.82 Å². The molecule has 0 radical (unpaired) electrons. The number of nitrogens with one attached hydrogen (secondary N) is 2. The van der Waals surface area contributed by atoms with Crippen molar-refractivity contribution in [1.82, 2.24) is 40.3 Å². The Kier molecular flexibility index (Phi) is 15.9. The number of aliphatic hydroxyl groups excluding tert-OH is 2. The number of carbonyl (C=O) groups excluding carboxylic acids is 3. The van der Waals surface area contributed by atoms with Gasteiger partial charge in [0.2, 0.25) is 17.7 Å². The van der Waals surface area contributed by atoms with Gasteiger partial charge in [-0.15, -0.1) is 6.42 Å². The van der Waals surface area contributed by atoms with Crippen LogP contribution in [0.3, 0.4) is 0 Å². The molecule has 16 nitrogen and oxygen atoms in total. The van der Waals surface area contributed by atoms with Crippen molar-refractivity contribution in [3.05, 3.63) is 107 Å². The number of aliphatic hydroxyl groups is 2. The van der Waals surface area contributed by atoms with Crippen LogP contribution >= 0.6 is 0 Å². The van der Waals surface area contributed by atoms with E-state index in [2.05, 4.69) is 36.3 Å². The standard InChI is InChI=1S/C62H67F4N9O7/c1-5-43-46(63)21-17-36-25-41(77)26-44(52(36)43)55-54(66)56-45(28-67-55)58(73-29-37-18-19-38(30-73)68-37)71-61(70-56)82-33-40-10-8-24-72(40)23-7-9-39-20-22-51(79)75(39)57(62(2,3)4)60(81)74-31-42(78)27-50(74)59(80)69-49(32-76)34-13-15-35(16-14-34)53-47(64)11-6-12-48(53)65/h1,6,11-17,21,25-26,28,37-40,42,49-50,57,68,76-78H,7-10,18-20,22-24,27,29-33H2,2-4H3,(H,69,80)/t37?,38?,39-,40-,42+,49-,50-,57+/m0/s1. The number of β-amino-alcohol motifs (C(OH)–C–C–N with tert-alkyl or cyclic N) is 1. The number of hydrogen-bond donors (Lipinski definition) is 5. The van der Waals surface area contributed by atoms with E-state index in [0.717, 1.165) is 44.4 Å². The number of benzene rings is 4. The molecule has 6 aromatic rings. The average molecular weight is 1130 g/mol. The minimum absolute atomic E-state index is 0.0182. The first kappa shape index (κ1) is 56.4. The number of piperazine rings is 1. The van der Waals surface area contributed by atoms with Gasteiger partial charge in [-0.1, -0.05) is 63.1 Å². The van der Waals surface area contributed by atoms with Crippen LogP contribution in [0.15, 0.2) is 72.9 Å². The SMILES string of the molecule is C#Cc1c(F)ccc2cc(O)cc(-c3ncc4c(N5CC6CCC(C5)N6)nc(OC[C@@H]5CCCN5CCC[C@H]5CCC(=O)N5[C@H](C(=O)N5C[C@H](O)C[C@H]5C(=O)N[C@@H](CO)c5ccc(-c6c(F)cccc6F)cc5)C(C)(C)C)nc4c3F)c12. The summed E-state index contributed by atoms with van der Waals surface area (Å²) in [6.07, 6.45) is 11.9. The van der Waals surface area contributed by atoms with Crippen molar-refractivity contribution >= 4 is 45.2 Å². The van der Waals surface area contributed by atoms with Crippen LogP contribution in [0, 0.1) is 41.0 Å². The van der Waals surface area contributed by atoms with Crippen molar-refractivity contribution in [2.45, 2.75) is 127 Å². The van der Waals surface area contributed by atoms with Gasteiger partial charge in [-0.25, -0.2) is 17.6 Å². The first-order chi connectivity index (χ1) is 39.4. The summed E-state index contributed by atoms with van der Waals surface area (Å²) in [5, 5.41) is 39.6. The van der Waals surface area contributed by atoms with E-state index in [4.69, 9.17) is 16.1 Å². The van der Waals surface area contributed by atoms with Gasteiger partial charge in [0.25, 0.3) is 0 Å². The second-order valence-electron chi connectivity index (χ2n) is 23.6. The van der Waals surface area contributed by atoms with Crippen molar-refractivity contribution in [1.29, 1.82) is 0 Å². The van der Waals surface area contributed by atoms with Crippen LogP contribution in [0.5, 0.6) is 11.8 Å². The highest BCUT2D eigenvalue weighted by atomic mass is 19.1. The van der Waals surface area contributed by atoms with Crippen molar-refractivity contribution < 1.29 is 52.0 Å². The highest BCUT2D eigenvalue weighted by Gasteiger charge is 2.50. The molecule has 8 atom stereocenters. The van der Waals surface area contributed by atoms with E-state index in [0.29, 0.717) is 61.1 Å². The number of aromatic nitrogens is 3. The summed E-state index contributed by atoms with van der Waals surface area (Å²) in [5.41, 5.74) is -0.465. The first-order valence-corrected chi connectivity index (χ1v) is 28.3. The van der Waals surface area contributed by atoms with E-state index in [1.54, 1.807) is 17.0 Å².